The number of fused-ring (bicyclic) bond motifs is 1. The van der Waals surface area contributed by atoms with Gasteiger partial charge in [0.2, 0.25) is 0 Å². The van der Waals surface area contributed by atoms with Crippen LogP contribution in [0.1, 0.15) is 29.5 Å². The monoisotopic (exact) mass is 201 g/mol. The lowest BCUT2D eigenvalue weighted by Crippen LogP contribution is -2.08. The molecule has 15 heavy (non-hydrogen) atoms. The summed E-state index contributed by atoms with van der Waals surface area (Å²) in [4.78, 5) is 0. The van der Waals surface area contributed by atoms with Gasteiger partial charge in [-0.1, -0.05) is 6.07 Å². The van der Waals surface area contributed by atoms with Crippen molar-refractivity contribution in [1.29, 1.82) is 5.26 Å². The fourth-order valence-electron chi connectivity index (χ4n) is 2.35. The van der Waals surface area contributed by atoms with E-state index in [0.29, 0.717) is 6.42 Å². The van der Waals surface area contributed by atoms with E-state index in [1.54, 1.807) is 7.11 Å². The van der Waals surface area contributed by atoms with Crippen molar-refractivity contribution in [3.05, 3.63) is 28.8 Å². The molecule has 0 saturated carbocycles. The summed E-state index contributed by atoms with van der Waals surface area (Å²) in [5.74, 6) is 0.992. The third-order valence-corrected chi connectivity index (χ3v) is 3.08. The third kappa shape index (κ3) is 1.83. The molecule has 2 rings (SSSR count). The fraction of sp³-hybridized carbons (Fsp3) is 0.462. The van der Waals surface area contributed by atoms with Crippen LogP contribution in [0.25, 0.3) is 0 Å². The van der Waals surface area contributed by atoms with E-state index in [1.165, 1.54) is 29.5 Å². The van der Waals surface area contributed by atoms with Crippen LogP contribution in [-0.4, -0.2) is 7.11 Å². The molecule has 0 aliphatic heterocycles. The lowest BCUT2D eigenvalue weighted by molar-refractivity contribution is 0.406. The molecule has 0 saturated heterocycles. The van der Waals surface area contributed by atoms with Crippen molar-refractivity contribution < 1.29 is 4.74 Å². The van der Waals surface area contributed by atoms with Crippen molar-refractivity contribution in [3.8, 4) is 11.8 Å². The van der Waals surface area contributed by atoms with E-state index in [-0.39, 0.29) is 0 Å². The average Bonchev–Trinajstić information content (AvgIpc) is 2.30. The van der Waals surface area contributed by atoms with Gasteiger partial charge in [0.05, 0.1) is 19.6 Å². The van der Waals surface area contributed by atoms with Gasteiger partial charge >= 0.3 is 0 Å². The summed E-state index contributed by atoms with van der Waals surface area (Å²) in [6.45, 7) is 0. The highest BCUT2D eigenvalue weighted by Crippen LogP contribution is 2.32. The number of nitriles is 1. The predicted molar refractivity (Wildman–Crippen MR) is 59.0 cm³/mol. The number of hydrogen-bond acceptors (Lipinski definition) is 2. The second kappa shape index (κ2) is 4.35. The summed E-state index contributed by atoms with van der Waals surface area (Å²) < 4.78 is 5.36. The molecule has 0 aromatic heterocycles. The molecule has 0 heterocycles. The van der Waals surface area contributed by atoms with Crippen LogP contribution >= 0.6 is 0 Å². The summed E-state index contributed by atoms with van der Waals surface area (Å²) in [6.07, 6.45) is 5.19. The van der Waals surface area contributed by atoms with E-state index >= 15 is 0 Å². The minimum atomic E-state index is 0.520. The van der Waals surface area contributed by atoms with Crippen LogP contribution < -0.4 is 4.74 Å². The van der Waals surface area contributed by atoms with Gasteiger partial charge < -0.3 is 4.74 Å². The maximum Gasteiger partial charge on any atom is 0.122 e. The molecule has 0 radical (unpaired) electrons. The lowest BCUT2D eigenvalue weighted by Gasteiger charge is -2.21. The van der Waals surface area contributed by atoms with Crippen molar-refractivity contribution >= 4 is 0 Å². The molecule has 0 N–H and O–H groups in total. The normalized spacial score (nSPS) is 14.1. The van der Waals surface area contributed by atoms with E-state index < -0.39 is 0 Å². The summed E-state index contributed by atoms with van der Waals surface area (Å²) >= 11 is 0. The van der Waals surface area contributed by atoms with E-state index in [1.807, 2.05) is 12.1 Å². The zero-order chi connectivity index (χ0) is 10.7. The molecule has 0 fully saturated rings. The van der Waals surface area contributed by atoms with Gasteiger partial charge in [-0.2, -0.15) is 5.26 Å². The molecule has 0 unspecified atom stereocenters. The van der Waals surface area contributed by atoms with Crippen LogP contribution in [0, 0.1) is 11.3 Å². The molecule has 1 aliphatic carbocycles. The van der Waals surface area contributed by atoms with Gasteiger partial charge in [0.25, 0.3) is 0 Å². The Kier molecular flexibility index (Phi) is 2.91. The molecular weight excluding hydrogens is 186 g/mol. The number of methoxy groups -OCH3 is 1. The highest BCUT2D eigenvalue weighted by atomic mass is 16.5. The summed E-state index contributed by atoms with van der Waals surface area (Å²) in [5.41, 5.74) is 3.88. The highest BCUT2D eigenvalue weighted by molar-refractivity contribution is 5.47. The second-order valence-corrected chi connectivity index (χ2v) is 3.93. The number of benzene rings is 1. The molecule has 78 valence electrons. The SMILES string of the molecule is COc1ccc(CC#N)c2c1CCCC2. The Labute approximate surface area is 90.5 Å². The Balaban J connectivity index is 2.48. The second-order valence-electron chi connectivity index (χ2n) is 3.93. The van der Waals surface area contributed by atoms with Gasteiger partial charge in [-0.05, 0) is 48.4 Å². The first-order chi connectivity index (χ1) is 7.36. The van der Waals surface area contributed by atoms with Gasteiger partial charge in [0.15, 0.2) is 0 Å². The van der Waals surface area contributed by atoms with Crippen LogP contribution in [0.3, 0.4) is 0 Å². The van der Waals surface area contributed by atoms with E-state index in [9.17, 15) is 0 Å². The highest BCUT2D eigenvalue weighted by Gasteiger charge is 2.16. The quantitative estimate of drug-likeness (QED) is 0.737. The van der Waals surface area contributed by atoms with Crippen molar-refractivity contribution in [2.45, 2.75) is 32.1 Å². The van der Waals surface area contributed by atoms with Crippen LogP contribution in [0.2, 0.25) is 0 Å². The largest absolute Gasteiger partial charge is 0.496 e. The maximum atomic E-state index is 8.77. The standard InChI is InChI=1S/C13H15NO/c1-15-13-7-6-10(8-9-14)11-4-2-3-5-12(11)13/h6-7H,2-5,8H2,1H3. The minimum absolute atomic E-state index is 0.520. The Morgan fingerprint density at radius 3 is 2.67 bits per heavy atom. The molecule has 0 atom stereocenters. The van der Waals surface area contributed by atoms with Crippen LogP contribution in [0.5, 0.6) is 5.75 Å². The minimum Gasteiger partial charge on any atom is -0.496 e. The van der Waals surface area contributed by atoms with Crippen molar-refractivity contribution in [2.24, 2.45) is 0 Å². The van der Waals surface area contributed by atoms with E-state index in [4.69, 9.17) is 10.00 Å². The molecule has 0 amide bonds. The molecule has 0 spiro atoms. The first kappa shape index (κ1) is 10.0. The lowest BCUT2D eigenvalue weighted by atomic mass is 9.87. The van der Waals surface area contributed by atoms with Gasteiger partial charge in [-0.25, -0.2) is 0 Å². The summed E-state index contributed by atoms with van der Waals surface area (Å²) in [7, 11) is 1.72. The van der Waals surface area contributed by atoms with Gasteiger partial charge in [-0.3, -0.25) is 0 Å². The van der Waals surface area contributed by atoms with Crippen molar-refractivity contribution in [1.82, 2.24) is 0 Å². The molecule has 1 aromatic rings. The van der Waals surface area contributed by atoms with Gasteiger partial charge in [0, 0.05) is 0 Å². The van der Waals surface area contributed by atoms with Crippen molar-refractivity contribution in [3.63, 3.8) is 0 Å². The Bertz CT molecular complexity index is 404. The predicted octanol–water partition coefficient (Wildman–Crippen LogP) is 2.64. The molecule has 2 nitrogen and oxygen atoms in total. The number of rotatable bonds is 2. The van der Waals surface area contributed by atoms with Crippen LogP contribution in [0.15, 0.2) is 12.1 Å². The molecular formula is C13H15NO. The van der Waals surface area contributed by atoms with E-state index in [2.05, 4.69) is 6.07 Å². The molecule has 1 aliphatic rings. The topological polar surface area (TPSA) is 33.0 Å². The molecule has 0 bridgehead atoms. The van der Waals surface area contributed by atoms with Gasteiger partial charge in [0.1, 0.15) is 5.75 Å². The number of hydrogen-bond donors (Lipinski definition) is 0. The average molecular weight is 201 g/mol. The molecule has 1 aromatic carbocycles. The van der Waals surface area contributed by atoms with Crippen LogP contribution in [0.4, 0.5) is 0 Å². The summed E-state index contributed by atoms with van der Waals surface area (Å²) in [5, 5.41) is 8.77. The van der Waals surface area contributed by atoms with E-state index in [0.717, 1.165) is 18.6 Å². The number of ether oxygens (including phenoxy) is 1. The Morgan fingerprint density at radius 1 is 1.27 bits per heavy atom. The maximum absolute atomic E-state index is 8.77. The number of nitrogens with zero attached hydrogens (tertiary/aromatic N) is 1. The first-order valence-corrected chi connectivity index (χ1v) is 5.41. The molecule has 2 heteroatoms. The Hall–Kier alpha value is -1.49. The third-order valence-electron chi connectivity index (χ3n) is 3.08. The summed E-state index contributed by atoms with van der Waals surface area (Å²) in [6, 6.07) is 6.26. The van der Waals surface area contributed by atoms with Gasteiger partial charge in [-0.15, -0.1) is 0 Å². The van der Waals surface area contributed by atoms with Crippen LogP contribution in [-0.2, 0) is 19.3 Å². The smallest absolute Gasteiger partial charge is 0.122 e. The Morgan fingerprint density at radius 2 is 2.00 bits per heavy atom. The zero-order valence-corrected chi connectivity index (χ0v) is 9.05. The zero-order valence-electron chi connectivity index (χ0n) is 9.05. The fourth-order valence-corrected chi connectivity index (χ4v) is 2.35. The van der Waals surface area contributed by atoms with Crippen molar-refractivity contribution in [2.75, 3.05) is 7.11 Å². The first-order valence-electron chi connectivity index (χ1n) is 5.41.